The molecule has 4 aromatic rings. The number of amides is 1. The Morgan fingerprint density at radius 1 is 1.16 bits per heavy atom. The van der Waals surface area contributed by atoms with E-state index in [0.717, 1.165) is 24.1 Å². The van der Waals surface area contributed by atoms with Crippen molar-refractivity contribution < 1.29 is 13.7 Å². The lowest BCUT2D eigenvalue weighted by molar-refractivity contribution is 0.102. The van der Waals surface area contributed by atoms with Gasteiger partial charge in [0.05, 0.1) is 16.9 Å². The summed E-state index contributed by atoms with van der Waals surface area (Å²) >= 11 is 0. The van der Waals surface area contributed by atoms with Gasteiger partial charge < -0.3 is 9.84 Å². The summed E-state index contributed by atoms with van der Waals surface area (Å²) in [5, 5.41) is 11.4. The lowest BCUT2D eigenvalue weighted by Crippen LogP contribution is -2.13. The molecule has 1 saturated carbocycles. The van der Waals surface area contributed by atoms with Gasteiger partial charge in [-0.25, -0.2) is 9.07 Å². The Morgan fingerprint density at radius 2 is 1.94 bits per heavy atom. The molecule has 2 aromatic carbocycles. The normalized spacial score (nSPS) is 13.7. The highest BCUT2D eigenvalue weighted by Crippen LogP contribution is 2.36. The van der Waals surface area contributed by atoms with Crippen LogP contribution in [0.5, 0.6) is 0 Å². The van der Waals surface area contributed by atoms with Gasteiger partial charge in [0.15, 0.2) is 0 Å². The molecule has 0 atom stereocenters. The number of rotatable bonds is 5. The second-order valence-corrected chi connectivity index (χ2v) is 8.12. The van der Waals surface area contributed by atoms with Crippen molar-refractivity contribution in [3.63, 3.8) is 0 Å². The zero-order valence-corrected chi connectivity index (χ0v) is 17.8. The van der Waals surface area contributed by atoms with E-state index in [1.54, 1.807) is 30.8 Å². The molecule has 0 aliphatic heterocycles. The van der Waals surface area contributed by atoms with Crippen LogP contribution in [-0.2, 0) is 0 Å². The van der Waals surface area contributed by atoms with E-state index in [0.29, 0.717) is 40.1 Å². The maximum absolute atomic E-state index is 13.3. The van der Waals surface area contributed by atoms with Gasteiger partial charge in [-0.2, -0.15) is 10.1 Å². The molecule has 32 heavy (non-hydrogen) atoms. The predicted octanol–water partition coefficient (Wildman–Crippen LogP) is 5.20. The Balaban J connectivity index is 1.33. The highest BCUT2D eigenvalue weighted by atomic mass is 19.1. The molecule has 2 aromatic heterocycles. The summed E-state index contributed by atoms with van der Waals surface area (Å²) in [7, 11) is 0. The Bertz CT molecular complexity index is 1290. The maximum Gasteiger partial charge on any atom is 0.259 e. The Kier molecular flexibility index (Phi) is 5.05. The molecule has 1 aliphatic rings. The molecule has 1 aliphatic carbocycles. The Morgan fingerprint density at radius 3 is 2.62 bits per heavy atom. The summed E-state index contributed by atoms with van der Waals surface area (Å²) in [6.45, 7) is 3.52. The van der Waals surface area contributed by atoms with Crippen molar-refractivity contribution in [2.24, 2.45) is 0 Å². The second kappa shape index (κ2) is 8.03. The van der Waals surface area contributed by atoms with Crippen LogP contribution in [-0.4, -0.2) is 25.8 Å². The van der Waals surface area contributed by atoms with E-state index in [9.17, 15) is 9.18 Å². The van der Waals surface area contributed by atoms with Crippen LogP contribution in [0.2, 0.25) is 0 Å². The zero-order chi connectivity index (χ0) is 22.2. The first kappa shape index (κ1) is 20.1. The summed E-state index contributed by atoms with van der Waals surface area (Å²) in [4.78, 5) is 17.3. The van der Waals surface area contributed by atoms with Crippen LogP contribution in [0.25, 0.3) is 17.1 Å². The van der Waals surface area contributed by atoms with Crippen molar-refractivity contribution in [2.75, 3.05) is 5.32 Å². The predicted molar refractivity (Wildman–Crippen MR) is 117 cm³/mol. The van der Waals surface area contributed by atoms with Crippen LogP contribution >= 0.6 is 0 Å². The van der Waals surface area contributed by atoms with E-state index >= 15 is 0 Å². The molecule has 0 unspecified atom stereocenters. The van der Waals surface area contributed by atoms with Crippen LogP contribution in [0, 0.1) is 19.7 Å². The van der Waals surface area contributed by atoms with Crippen molar-refractivity contribution in [3.05, 3.63) is 77.2 Å². The van der Waals surface area contributed by atoms with Crippen LogP contribution in [0.1, 0.15) is 52.7 Å². The lowest BCUT2D eigenvalue weighted by Gasteiger charge is -2.20. The van der Waals surface area contributed by atoms with E-state index in [1.165, 1.54) is 18.6 Å². The smallest absolute Gasteiger partial charge is 0.259 e. The first-order valence-corrected chi connectivity index (χ1v) is 10.6. The van der Waals surface area contributed by atoms with Crippen LogP contribution < -0.4 is 5.32 Å². The highest BCUT2D eigenvalue weighted by molar-refractivity contribution is 6.05. The maximum atomic E-state index is 13.3. The average Bonchev–Trinajstić information content (AvgIpc) is 3.36. The number of halogens is 1. The van der Waals surface area contributed by atoms with E-state index < -0.39 is 0 Å². The molecule has 1 amide bonds. The SMILES string of the molecule is Cc1cc(F)ccc1NC(=O)c1cn(-c2ccc(-c3noc(C4CCC4)n3)cc2)nc1C. The quantitative estimate of drug-likeness (QED) is 0.469. The number of aryl methyl sites for hydroxylation is 2. The average molecular weight is 431 g/mol. The van der Waals surface area contributed by atoms with Gasteiger partial charge in [0.25, 0.3) is 5.91 Å². The molecule has 0 spiro atoms. The van der Waals surface area contributed by atoms with Gasteiger partial charge in [-0.15, -0.1) is 0 Å². The fourth-order valence-corrected chi connectivity index (χ4v) is 3.71. The number of hydrogen-bond acceptors (Lipinski definition) is 5. The lowest BCUT2D eigenvalue weighted by atomic mass is 9.85. The molecular weight excluding hydrogens is 409 g/mol. The third-order valence-electron chi connectivity index (χ3n) is 5.87. The minimum absolute atomic E-state index is 0.296. The van der Waals surface area contributed by atoms with Crippen molar-refractivity contribution in [1.82, 2.24) is 19.9 Å². The van der Waals surface area contributed by atoms with Crippen molar-refractivity contribution in [1.29, 1.82) is 0 Å². The first-order valence-electron chi connectivity index (χ1n) is 10.6. The summed E-state index contributed by atoms with van der Waals surface area (Å²) in [6, 6.07) is 11.9. The molecule has 0 saturated heterocycles. The van der Waals surface area contributed by atoms with Gasteiger partial charge in [-0.05, 0) is 74.7 Å². The van der Waals surface area contributed by atoms with Gasteiger partial charge in [-0.3, -0.25) is 4.79 Å². The number of nitrogens with one attached hydrogen (secondary N) is 1. The standard InChI is InChI=1S/C24H22FN5O2/c1-14-12-18(25)8-11-21(14)26-23(31)20-13-30(28-15(20)2)19-9-6-16(7-10-19)22-27-24(32-29-22)17-4-3-5-17/h6-13,17H,3-5H2,1-2H3,(H,26,31). The van der Waals surface area contributed by atoms with E-state index in [-0.39, 0.29) is 11.7 Å². The van der Waals surface area contributed by atoms with Gasteiger partial charge in [-0.1, -0.05) is 11.6 Å². The largest absolute Gasteiger partial charge is 0.339 e. The molecular formula is C24H22FN5O2. The molecule has 1 fully saturated rings. The highest BCUT2D eigenvalue weighted by Gasteiger charge is 2.25. The number of hydrogen-bond donors (Lipinski definition) is 1. The summed E-state index contributed by atoms with van der Waals surface area (Å²) in [5.41, 5.74) is 3.92. The third-order valence-corrected chi connectivity index (χ3v) is 5.87. The van der Waals surface area contributed by atoms with Gasteiger partial charge in [0, 0.05) is 23.4 Å². The second-order valence-electron chi connectivity index (χ2n) is 8.12. The van der Waals surface area contributed by atoms with Crippen LogP contribution in [0.3, 0.4) is 0 Å². The molecule has 2 heterocycles. The third kappa shape index (κ3) is 3.79. The van der Waals surface area contributed by atoms with E-state index in [2.05, 4.69) is 20.6 Å². The van der Waals surface area contributed by atoms with E-state index in [4.69, 9.17) is 4.52 Å². The number of nitrogens with zero attached hydrogens (tertiary/aromatic N) is 4. The fourth-order valence-electron chi connectivity index (χ4n) is 3.71. The minimum atomic E-state index is -0.340. The molecule has 162 valence electrons. The van der Waals surface area contributed by atoms with Crippen molar-refractivity contribution >= 4 is 11.6 Å². The summed E-state index contributed by atoms with van der Waals surface area (Å²) in [6.07, 6.45) is 5.11. The molecule has 5 rings (SSSR count). The van der Waals surface area contributed by atoms with Crippen LogP contribution in [0.4, 0.5) is 10.1 Å². The topological polar surface area (TPSA) is 85.8 Å². The molecule has 8 heteroatoms. The Labute approximate surface area is 184 Å². The van der Waals surface area contributed by atoms with Crippen LogP contribution in [0.15, 0.2) is 53.2 Å². The van der Waals surface area contributed by atoms with Crippen molar-refractivity contribution in [3.8, 4) is 17.1 Å². The fraction of sp³-hybridized carbons (Fsp3) is 0.250. The monoisotopic (exact) mass is 431 g/mol. The number of aromatic nitrogens is 4. The van der Waals surface area contributed by atoms with E-state index in [1.807, 2.05) is 24.3 Å². The number of carbonyl (C=O) groups is 1. The Hall–Kier alpha value is -3.81. The molecule has 7 nitrogen and oxygen atoms in total. The first-order chi connectivity index (χ1) is 15.5. The summed E-state index contributed by atoms with van der Waals surface area (Å²) < 4.78 is 20.4. The van der Waals surface area contributed by atoms with Gasteiger partial charge >= 0.3 is 0 Å². The molecule has 1 N–H and O–H groups in total. The number of benzene rings is 2. The molecule has 0 bridgehead atoms. The van der Waals surface area contributed by atoms with Crippen molar-refractivity contribution in [2.45, 2.75) is 39.0 Å². The number of anilines is 1. The number of carbonyl (C=O) groups excluding carboxylic acids is 1. The minimum Gasteiger partial charge on any atom is -0.339 e. The van der Waals surface area contributed by atoms with Gasteiger partial charge in [0.2, 0.25) is 11.7 Å². The van der Waals surface area contributed by atoms with Gasteiger partial charge in [0.1, 0.15) is 5.82 Å². The molecule has 0 radical (unpaired) electrons. The zero-order valence-electron chi connectivity index (χ0n) is 17.8. The summed E-state index contributed by atoms with van der Waals surface area (Å²) in [5.74, 6) is 1.05.